The summed E-state index contributed by atoms with van der Waals surface area (Å²) in [6, 6.07) is 20.1. The Balaban J connectivity index is 1.36. The standard InChI is InChI=1S/C22H23FN2O/c1-15(18-9-4-7-16-6-2-3-8-19(16)18)24-13-12-17-14-25-22-20(23)10-5-11-21(22)26-17/h2-11,15,17,24-25H,12-14H2,1H3. The summed E-state index contributed by atoms with van der Waals surface area (Å²) in [6.45, 7) is 3.64. The summed E-state index contributed by atoms with van der Waals surface area (Å²) in [5.41, 5.74) is 1.78. The molecule has 0 radical (unpaired) electrons. The first-order chi connectivity index (χ1) is 12.7. The van der Waals surface area contributed by atoms with Crippen LogP contribution in [0.1, 0.15) is 24.9 Å². The molecule has 3 aromatic rings. The monoisotopic (exact) mass is 350 g/mol. The van der Waals surface area contributed by atoms with Gasteiger partial charge in [-0.05, 0) is 48.4 Å². The maximum atomic E-state index is 13.7. The summed E-state index contributed by atoms with van der Waals surface area (Å²) >= 11 is 0. The fourth-order valence-corrected chi connectivity index (χ4v) is 3.57. The lowest BCUT2D eigenvalue weighted by Crippen LogP contribution is -2.34. The first-order valence-electron chi connectivity index (χ1n) is 9.12. The average molecular weight is 350 g/mol. The van der Waals surface area contributed by atoms with Crippen LogP contribution < -0.4 is 15.4 Å². The molecule has 1 heterocycles. The van der Waals surface area contributed by atoms with Gasteiger partial charge in [-0.25, -0.2) is 4.39 Å². The minimum atomic E-state index is -0.261. The summed E-state index contributed by atoms with van der Waals surface area (Å²) < 4.78 is 19.6. The molecule has 4 rings (SSSR count). The van der Waals surface area contributed by atoms with Gasteiger partial charge in [-0.2, -0.15) is 0 Å². The third-order valence-electron chi connectivity index (χ3n) is 4.98. The van der Waals surface area contributed by atoms with E-state index in [1.165, 1.54) is 22.4 Å². The smallest absolute Gasteiger partial charge is 0.150 e. The first-order valence-corrected chi connectivity index (χ1v) is 9.12. The molecule has 1 aliphatic heterocycles. The van der Waals surface area contributed by atoms with E-state index < -0.39 is 0 Å². The van der Waals surface area contributed by atoms with Crippen LogP contribution in [-0.4, -0.2) is 19.2 Å². The van der Waals surface area contributed by atoms with Gasteiger partial charge in [-0.1, -0.05) is 48.5 Å². The topological polar surface area (TPSA) is 33.3 Å². The van der Waals surface area contributed by atoms with Crippen molar-refractivity contribution in [3.8, 4) is 5.75 Å². The van der Waals surface area contributed by atoms with E-state index in [4.69, 9.17) is 4.74 Å². The number of nitrogens with one attached hydrogen (secondary N) is 2. The molecule has 0 aromatic heterocycles. The van der Waals surface area contributed by atoms with Gasteiger partial charge in [0.15, 0.2) is 0 Å². The molecule has 0 aliphatic carbocycles. The third kappa shape index (κ3) is 3.37. The van der Waals surface area contributed by atoms with Crippen LogP contribution in [0.2, 0.25) is 0 Å². The van der Waals surface area contributed by atoms with Gasteiger partial charge in [0, 0.05) is 6.04 Å². The third-order valence-corrected chi connectivity index (χ3v) is 4.98. The van der Waals surface area contributed by atoms with Crippen LogP contribution in [0.5, 0.6) is 5.75 Å². The van der Waals surface area contributed by atoms with E-state index in [1.807, 2.05) is 6.07 Å². The van der Waals surface area contributed by atoms with Crippen molar-refractivity contribution in [3.63, 3.8) is 0 Å². The highest BCUT2D eigenvalue weighted by molar-refractivity contribution is 5.86. The minimum absolute atomic E-state index is 0.0384. The van der Waals surface area contributed by atoms with Gasteiger partial charge in [0.2, 0.25) is 0 Å². The number of ether oxygens (including phenoxy) is 1. The maximum Gasteiger partial charge on any atom is 0.150 e. The Morgan fingerprint density at radius 3 is 2.85 bits per heavy atom. The molecule has 26 heavy (non-hydrogen) atoms. The number of rotatable bonds is 5. The van der Waals surface area contributed by atoms with Crippen LogP contribution in [0.4, 0.5) is 10.1 Å². The Kier molecular flexibility index (Phi) is 4.76. The molecular formula is C22H23FN2O. The summed E-state index contributed by atoms with van der Waals surface area (Å²) in [7, 11) is 0. The number of halogens is 1. The molecule has 134 valence electrons. The van der Waals surface area contributed by atoms with Crippen molar-refractivity contribution in [1.82, 2.24) is 5.32 Å². The number of hydrogen-bond acceptors (Lipinski definition) is 3. The Bertz CT molecular complexity index is 906. The molecule has 0 saturated heterocycles. The highest BCUT2D eigenvalue weighted by Crippen LogP contribution is 2.32. The molecule has 2 N–H and O–H groups in total. The molecule has 0 bridgehead atoms. The molecule has 0 fully saturated rings. The van der Waals surface area contributed by atoms with Crippen LogP contribution in [-0.2, 0) is 0 Å². The Hall–Kier alpha value is -2.59. The van der Waals surface area contributed by atoms with Gasteiger partial charge >= 0.3 is 0 Å². The number of fused-ring (bicyclic) bond motifs is 2. The fraction of sp³-hybridized carbons (Fsp3) is 0.273. The summed E-state index contributed by atoms with van der Waals surface area (Å²) in [4.78, 5) is 0. The Morgan fingerprint density at radius 1 is 1.12 bits per heavy atom. The van der Waals surface area contributed by atoms with E-state index in [1.54, 1.807) is 6.07 Å². The van der Waals surface area contributed by atoms with E-state index in [2.05, 4.69) is 60.0 Å². The van der Waals surface area contributed by atoms with Gasteiger partial charge in [0.25, 0.3) is 0 Å². The molecule has 2 unspecified atom stereocenters. The lowest BCUT2D eigenvalue weighted by atomic mass is 9.99. The lowest BCUT2D eigenvalue weighted by molar-refractivity contribution is 0.192. The van der Waals surface area contributed by atoms with E-state index in [9.17, 15) is 4.39 Å². The molecule has 4 heteroatoms. The predicted octanol–water partition coefficient (Wildman–Crippen LogP) is 4.89. The average Bonchev–Trinajstić information content (AvgIpc) is 2.67. The first kappa shape index (κ1) is 16.9. The van der Waals surface area contributed by atoms with Crippen molar-refractivity contribution in [2.24, 2.45) is 0 Å². The molecular weight excluding hydrogens is 327 g/mol. The molecule has 3 aromatic carbocycles. The quantitative estimate of drug-likeness (QED) is 0.687. The van der Waals surface area contributed by atoms with E-state index in [0.717, 1.165) is 13.0 Å². The molecule has 0 saturated carbocycles. The molecule has 1 aliphatic rings. The van der Waals surface area contributed by atoms with Gasteiger partial charge in [-0.3, -0.25) is 0 Å². The zero-order chi connectivity index (χ0) is 17.9. The van der Waals surface area contributed by atoms with Crippen molar-refractivity contribution in [2.75, 3.05) is 18.4 Å². The van der Waals surface area contributed by atoms with Crippen molar-refractivity contribution < 1.29 is 9.13 Å². The Labute approximate surface area is 153 Å². The zero-order valence-corrected chi connectivity index (χ0v) is 14.8. The Morgan fingerprint density at radius 2 is 1.92 bits per heavy atom. The van der Waals surface area contributed by atoms with E-state index in [0.29, 0.717) is 18.0 Å². The number of benzene rings is 3. The van der Waals surface area contributed by atoms with Crippen LogP contribution >= 0.6 is 0 Å². The SMILES string of the molecule is CC(NCCC1CNc2c(F)cccc2O1)c1cccc2ccccc12. The minimum Gasteiger partial charge on any atom is -0.486 e. The summed E-state index contributed by atoms with van der Waals surface area (Å²) in [6.07, 6.45) is 0.898. The van der Waals surface area contributed by atoms with Crippen molar-refractivity contribution >= 4 is 16.5 Å². The van der Waals surface area contributed by atoms with Gasteiger partial charge in [-0.15, -0.1) is 0 Å². The number of hydrogen-bond donors (Lipinski definition) is 2. The largest absolute Gasteiger partial charge is 0.486 e. The summed E-state index contributed by atoms with van der Waals surface area (Å²) in [5.74, 6) is 0.340. The van der Waals surface area contributed by atoms with Crippen LogP contribution in [0, 0.1) is 5.82 Å². The lowest BCUT2D eigenvalue weighted by Gasteiger charge is -2.28. The number of anilines is 1. The molecule has 0 spiro atoms. The normalized spacial score (nSPS) is 17.2. The predicted molar refractivity (Wildman–Crippen MR) is 104 cm³/mol. The van der Waals surface area contributed by atoms with Crippen molar-refractivity contribution in [2.45, 2.75) is 25.5 Å². The van der Waals surface area contributed by atoms with Crippen molar-refractivity contribution in [1.29, 1.82) is 0 Å². The van der Waals surface area contributed by atoms with E-state index >= 15 is 0 Å². The second-order valence-electron chi connectivity index (χ2n) is 6.77. The fourth-order valence-electron chi connectivity index (χ4n) is 3.57. The summed E-state index contributed by atoms with van der Waals surface area (Å²) in [5, 5.41) is 9.29. The second-order valence-corrected chi connectivity index (χ2v) is 6.77. The second kappa shape index (κ2) is 7.34. The van der Waals surface area contributed by atoms with Gasteiger partial charge in [0.05, 0.1) is 6.54 Å². The highest BCUT2D eigenvalue weighted by Gasteiger charge is 2.21. The molecule has 3 nitrogen and oxygen atoms in total. The van der Waals surface area contributed by atoms with Crippen molar-refractivity contribution in [3.05, 3.63) is 72.0 Å². The highest BCUT2D eigenvalue weighted by atomic mass is 19.1. The van der Waals surface area contributed by atoms with E-state index in [-0.39, 0.29) is 18.0 Å². The maximum absolute atomic E-state index is 13.7. The van der Waals surface area contributed by atoms with Crippen LogP contribution in [0.25, 0.3) is 10.8 Å². The molecule has 2 atom stereocenters. The van der Waals surface area contributed by atoms with Crippen LogP contribution in [0.3, 0.4) is 0 Å². The molecule has 0 amide bonds. The van der Waals surface area contributed by atoms with Gasteiger partial charge in [0.1, 0.15) is 23.4 Å². The van der Waals surface area contributed by atoms with Gasteiger partial charge < -0.3 is 15.4 Å². The number of para-hydroxylation sites is 1. The zero-order valence-electron chi connectivity index (χ0n) is 14.8. The van der Waals surface area contributed by atoms with Crippen LogP contribution in [0.15, 0.2) is 60.7 Å².